The molecule has 1 heterocycles. The van der Waals surface area contributed by atoms with Gasteiger partial charge in [-0.25, -0.2) is 0 Å². The van der Waals surface area contributed by atoms with Crippen LogP contribution < -0.4 is 9.80 Å². The number of hydrogen-bond acceptors (Lipinski definition) is 4. The number of para-hydroxylation sites is 2. The summed E-state index contributed by atoms with van der Waals surface area (Å²) in [5.74, 6) is 1.17. The summed E-state index contributed by atoms with van der Waals surface area (Å²) in [6, 6.07) is 12.6. The summed E-state index contributed by atoms with van der Waals surface area (Å²) in [4.78, 5) is 4.66. The highest BCUT2D eigenvalue weighted by molar-refractivity contribution is 5.82. The Bertz CT molecular complexity index is 943. The van der Waals surface area contributed by atoms with Crippen molar-refractivity contribution in [2.24, 2.45) is 5.41 Å². The number of fused-ring (bicyclic) bond motifs is 1. The molecule has 0 atom stereocenters. The maximum absolute atomic E-state index is 9.25. The molecular formula is C25H28N4. The zero-order chi connectivity index (χ0) is 21.0. The summed E-state index contributed by atoms with van der Waals surface area (Å²) >= 11 is 0. The summed E-state index contributed by atoms with van der Waals surface area (Å²) in [6.07, 6.45) is 10.1. The molecule has 148 valence electrons. The summed E-state index contributed by atoms with van der Waals surface area (Å²) in [7, 11) is 0. The lowest BCUT2D eigenvalue weighted by atomic mass is 9.74. The molecule has 29 heavy (non-hydrogen) atoms. The van der Waals surface area contributed by atoms with Crippen LogP contribution in [0.5, 0.6) is 0 Å². The topological polar surface area (TPSA) is 54.1 Å². The average Bonchev–Trinajstić information content (AvgIpc) is 3.00. The molecule has 3 rings (SSSR count). The van der Waals surface area contributed by atoms with Gasteiger partial charge < -0.3 is 9.80 Å². The number of nitriles is 2. The van der Waals surface area contributed by atoms with Crippen LogP contribution in [0.3, 0.4) is 0 Å². The van der Waals surface area contributed by atoms with E-state index in [-0.39, 0.29) is 11.0 Å². The van der Waals surface area contributed by atoms with Gasteiger partial charge in [0.2, 0.25) is 0 Å². The SMILES string of the molecule is CCN1C(=C/C=C/C2=CC(=C(C#N)C#N)CC(C)(C)C2)N(CC)c2ccccc21. The molecule has 0 saturated heterocycles. The van der Waals surface area contributed by atoms with E-state index in [9.17, 15) is 10.5 Å². The van der Waals surface area contributed by atoms with Crippen LogP contribution in [0.25, 0.3) is 0 Å². The normalized spacial score (nSPS) is 17.7. The van der Waals surface area contributed by atoms with E-state index < -0.39 is 0 Å². The van der Waals surface area contributed by atoms with Crippen molar-refractivity contribution in [3.8, 4) is 12.1 Å². The maximum atomic E-state index is 9.25. The monoisotopic (exact) mass is 384 g/mol. The first-order valence-electron chi connectivity index (χ1n) is 10.2. The van der Waals surface area contributed by atoms with Crippen molar-refractivity contribution in [1.82, 2.24) is 0 Å². The standard InChI is InChI=1S/C25H28N4/c1-5-28-22-11-7-8-12-23(22)29(6-2)24(28)13-9-10-19-14-20(21(17-26)18-27)16-25(3,4)15-19/h7-14H,5-6,15-16H2,1-4H3/b10-9+. The van der Waals surface area contributed by atoms with Gasteiger partial charge in [0.05, 0.1) is 11.4 Å². The predicted octanol–water partition coefficient (Wildman–Crippen LogP) is 5.84. The van der Waals surface area contributed by atoms with Crippen molar-refractivity contribution < 1.29 is 0 Å². The Kier molecular flexibility index (Phi) is 5.95. The fraction of sp³-hybridized carbons (Fsp3) is 0.360. The van der Waals surface area contributed by atoms with Crippen molar-refractivity contribution in [2.45, 2.75) is 40.5 Å². The molecule has 0 N–H and O–H groups in total. The lowest BCUT2D eigenvalue weighted by molar-refractivity contribution is 0.354. The van der Waals surface area contributed by atoms with Crippen LogP contribution in [0.15, 0.2) is 71.1 Å². The molecule has 0 radical (unpaired) electrons. The van der Waals surface area contributed by atoms with E-state index in [0.717, 1.165) is 37.1 Å². The second-order valence-corrected chi connectivity index (χ2v) is 8.22. The van der Waals surface area contributed by atoms with Gasteiger partial charge >= 0.3 is 0 Å². The summed E-state index contributed by atoms with van der Waals surface area (Å²) < 4.78 is 0. The van der Waals surface area contributed by atoms with Gasteiger partial charge in [-0.15, -0.1) is 0 Å². The van der Waals surface area contributed by atoms with E-state index in [0.29, 0.717) is 0 Å². The van der Waals surface area contributed by atoms with Crippen molar-refractivity contribution in [1.29, 1.82) is 10.5 Å². The second kappa shape index (κ2) is 8.41. The first kappa shape index (κ1) is 20.5. The van der Waals surface area contributed by atoms with Gasteiger partial charge in [0.1, 0.15) is 23.5 Å². The minimum absolute atomic E-state index is 0.0321. The third kappa shape index (κ3) is 4.13. The van der Waals surface area contributed by atoms with Crippen LogP contribution in [-0.4, -0.2) is 13.1 Å². The Morgan fingerprint density at radius 2 is 1.62 bits per heavy atom. The van der Waals surface area contributed by atoms with Gasteiger partial charge in [0, 0.05) is 13.1 Å². The number of hydrogen-bond donors (Lipinski definition) is 0. The Morgan fingerprint density at radius 1 is 1.03 bits per heavy atom. The highest BCUT2D eigenvalue weighted by Gasteiger charge is 2.29. The van der Waals surface area contributed by atoms with E-state index in [1.54, 1.807) is 0 Å². The smallest absolute Gasteiger partial charge is 0.132 e. The van der Waals surface area contributed by atoms with E-state index in [1.165, 1.54) is 17.2 Å². The molecule has 0 saturated carbocycles. The zero-order valence-corrected chi connectivity index (χ0v) is 17.7. The first-order chi connectivity index (χ1) is 13.9. The molecule has 1 aliphatic heterocycles. The Hall–Kier alpha value is -3.24. The van der Waals surface area contributed by atoms with Gasteiger partial charge in [0.25, 0.3) is 0 Å². The van der Waals surface area contributed by atoms with Crippen LogP contribution in [0.4, 0.5) is 11.4 Å². The van der Waals surface area contributed by atoms with E-state index in [1.807, 2.05) is 18.2 Å². The number of allylic oxidation sites excluding steroid dienone is 7. The molecule has 4 nitrogen and oxygen atoms in total. The number of rotatable bonds is 4. The quantitative estimate of drug-likeness (QED) is 0.612. The van der Waals surface area contributed by atoms with Crippen molar-refractivity contribution in [3.05, 3.63) is 71.1 Å². The average molecular weight is 385 g/mol. The van der Waals surface area contributed by atoms with E-state index >= 15 is 0 Å². The van der Waals surface area contributed by atoms with E-state index in [2.05, 4.69) is 80.0 Å². The lowest BCUT2D eigenvalue weighted by Gasteiger charge is -2.30. The molecule has 0 bridgehead atoms. The summed E-state index contributed by atoms with van der Waals surface area (Å²) in [6.45, 7) is 10.5. The van der Waals surface area contributed by atoms with Crippen molar-refractivity contribution >= 4 is 11.4 Å². The molecule has 1 aliphatic carbocycles. The molecule has 0 spiro atoms. The predicted molar refractivity (Wildman–Crippen MR) is 119 cm³/mol. The molecule has 0 amide bonds. The summed E-state index contributed by atoms with van der Waals surface area (Å²) in [5.41, 5.74) is 4.74. The fourth-order valence-electron chi connectivity index (χ4n) is 4.31. The molecule has 2 aliphatic rings. The zero-order valence-electron chi connectivity index (χ0n) is 17.7. The maximum Gasteiger partial charge on any atom is 0.132 e. The molecule has 4 heteroatoms. The Morgan fingerprint density at radius 3 is 2.14 bits per heavy atom. The summed E-state index contributed by atoms with van der Waals surface area (Å²) in [5, 5.41) is 18.5. The molecular weight excluding hydrogens is 356 g/mol. The third-order valence-electron chi connectivity index (χ3n) is 5.46. The molecule has 0 aromatic heterocycles. The van der Waals surface area contributed by atoms with Crippen LogP contribution in [0, 0.1) is 28.1 Å². The van der Waals surface area contributed by atoms with Crippen LogP contribution >= 0.6 is 0 Å². The first-order valence-corrected chi connectivity index (χ1v) is 10.2. The van der Waals surface area contributed by atoms with Crippen molar-refractivity contribution in [3.63, 3.8) is 0 Å². The Labute approximate surface area is 174 Å². The lowest BCUT2D eigenvalue weighted by Crippen LogP contribution is -2.27. The van der Waals surface area contributed by atoms with Crippen LogP contribution in [0.1, 0.15) is 40.5 Å². The van der Waals surface area contributed by atoms with E-state index in [4.69, 9.17) is 0 Å². The highest BCUT2D eigenvalue weighted by atomic mass is 15.4. The largest absolute Gasteiger partial charge is 0.326 e. The fourth-order valence-corrected chi connectivity index (χ4v) is 4.31. The number of benzene rings is 1. The van der Waals surface area contributed by atoms with Gasteiger partial charge in [-0.2, -0.15) is 10.5 Å². The van der Waals surface area contributed by atoms with Crippen molar-refractivity contribution in [2.75, 3.05) is 22.9 Å². The molecule has 0 unspecified atom stereocenters. The Balaban J connectivity index is 1.93. The minimum atomic E-state index is 0.0321. The van der Waals surface area contributed by atoms with Gasteiger partial charge in [-0.05, 0) is 61.5 Å². The van der Waals surface area contributed by atoms with Gasteiger partial charge in [0.15, 0.2) is 0 Å². The van der Waals surface area contributed by atoms with Crippen LogP contribution in [-0.2, 0) is 0 Å². The molecule has 1 aromatic carbocycles. The second-order valence-electron chi connectivity index (χ2n) is 8.22. The minimum Gasteiger partial charge on any atom is -0.326 e. The van der Waals surface area contributed by atoms with Gasteiger partial charge in [-0.3, -0.25) is 0 Å². The van der Waals surface area contributed by atoms with Crippen LogP contribution in [0.2, 0.25) is 0 Å². The highest BCUT2D eigenvalue weighted by Crippen LogP contribution is 2.41. The van der Waals surface area contributed by atoms with Gasteiger partial charge in [-0.1, -0.05) is 44.2 Å². The number of nitrogens with zero attached hydrogens (tertiary/aromatic N) is 4. The third-order valence-corrected chi connectivity index (χ3v) is 5.46. The molecule has 0 fully saturated rings. The molecule has 1 aromatic rings. The number of anilines is 2.